The van der Waals surface area contributed by atoms with E-state index in [0.29, 0.717) is 0 Å². The van der Waals surface area contributed by atoms with E-state index in [9.17, 15) is 0 Å². The Balaban J connectivity index is 2.06. The molecule has 2 aromatic rings. The summed E-state index contributed by atoms with van der Waals surface area (Å²) in [6, 6.07) is 7.86. The fraction of sp³-hybridized carbons (Fsp3) is 0.438. The maximum atomic E-state index is 6.09. The fourth-order valence-corrected chi connectivity index (χ4v) is 2.45. The van der Waals surface area contributed by atoms with E-state index < -0.39 is 7.12 Å². The Kier molecular flexibility index (Phi) is 3.22. The Labute approximate surface area is 125 Å². The number of nitrogens with zero attached hydrogens (tertiary/aromatic N) is 1. The molecule has 1 aromatic carbocycles. The molecule has 0 N–H and O–H groups in total. The van der Waals surface area contributed by atoms with Crippen LogP contribution in [0.2, 0.25) is 0 Å². The zero-order valence-electron chi connectivity index (χ0n) is 13.1. The van der Waals surface area contributed by atoms with Crippen molar-refractivity contribution in [2.75, 3.05) is 7.11 Å². The lowest BCUT2D eigenvalue weighted by molar-refractivity contribution is 0.00578. The molecule has 0 aliphatic carbocycles. The molecule has 0 unspecified atom stereocenters. The molecule has 5 heteroatoms. The van der Waals surface area contributed by atoms with Crippen LogP contribution in [0.15, 0.2) is 30.5 Å². The van der Waals surface area contributed by atoms with Gasteiger partial charge in [0.05, 0.1) is 23.8 Å². The summed E-state index contributed by atoms with van der Waals surface area (Å²) in [4.78, 5) is 4.40. The molecule has 0 atom stereocenters. The minimum atomic E-state index is -0.407. The van der Waals surface area contributed by atoms with E-state index in [-0.39, 0.29) is 11.2 Å². The Morgan fingerprint density at radius 3 is 2.38 bits per heavy atom. The van der Waals surface area contributed by atoms with Gasteiger partial charge in [-0.15, -0.1) is 0 Å². The molecule has 3 rings (SSSR count). The van der Waals surface area contributed by atoms with Gasteiger partial charge in [-0.05, 0) is 57.4 Å². The summed E-state index contributed by atoms with van der Waals surface area (Å²) in [5.74, 6) is 0.783. The van der Waals surface area contributed by atoms with Crippen LogP contribution in [0.25, 0.3) is 10.9 Å². The molecule has 1 aliphatic rings. The van der Waals surface area contributed by atoms with E-state index in [4.69, 9.17) is 14.0 Å². The quantitative estimate of drug-likeness (QED) is 0.795. The highest BCUT2D eigenvalue weighted by Gasteiger charge is 2.51. The summed E-state index contributed by atoms with van der Waals surface area (Å²) in [5.41, 5.74) is 1.09. The second-order valence-electron chi connectivity index (χ2n) is 6.38. The van der Waals surface area contributed by atoms with Crippen molar-refractivity contribution < 1.29 is 14.0 Å². The maximum absolute atomic E-state index is 6.09. The Morgan fingerprint density at radius 1 is 1.10 bits per heavy atom. The van der Waals surface area contributed by atoms with Gasteiger partial charge in [0.2, 0.25) is 0 Å². The van der Waals surface area contributed by atoms with Crippen molar-refractivity contribution in [2.45, 2.75) is 38.9 Å². The number of rotatable bonds is 2. The van der Waals surface area contributed by atoms with Gasteiger partial charge in [0.25, 0.3) is 0 Å². The zero-order chi connectivity index (χ0) is 15.3. The molecular formula is C16H20BNO3. The standard InChI is InChI=1S/C16H20BNO3/c1-15(2)16(3,4)21-17(20-15)11-9-13-12(7-6-8-18-13)14(10-11)19-5/h6-10H,1-5H3. The predicted octanol–water partition coefficient (Wildman–Crippen LogP) is 2.54. The zero-order valence-corrected chi connectivity index (χ0v) is 13.1. The number of hydrogen-bond acceptors (Lipinski definition) is 4. The number of ether oxygens (including phenoxy) is 1. The van der Waals surface area contributed by atoms with Gasteiger partial charge in [-0.1, -0.05) is 0 Å². The van der Waals surface area contributed by atoms with Gasteiger partial charge in [0.15, 0.2) is 0 Å². The normalized spacial score (nSPS) is 20.0. The van der Waals surface area contributed by atoms with Gasteiger partial charge >= 0.3 is 7.12 Å². The van der Waals surface area contributed by atoms with E-state index >= 15 is 0 Å². The second-order valence-corrected chi connectivity index (χ2v) is 6.38. The number of pyridine rings is 1. The Bertz CT molecular complexity index is 668. The molecular weight excluding hydrogens is 265 g/mol. The highest BCUT2D eigenvalue weighted by atomic mass is 16.7. The average molecular weight is 285 g/mol. The molecule has 0 saturated carbocycles. The molecule has 0 radical (unpaired) electrons. The van der Waals surface area contributed by atoms with Crippen LogP contribution in [0.4, 0.5) is 0 Å². The monoisotopic (exact) mass is 285 g/mol. The topological polar surface area (TPSA) is 40.6 Å². The molecule has 0 spiro atoms. The third-order valence-corrected chi connectivity index (χ3v) is 4.45. The largest absolute Gasteiger partial charge is 0.496 e. The Morgan fingerprint density at radius 2 is 1.76 bits per heavy atom. The molecule has 2 heterocycles. The van der Waals surface area contributed by atoms with E-state index in [1.807, 2.05) is 52.0 Å². The molecule has 1 fully saturated rings. The summed E-state index contributed by atoms with van der Waals surface area (Å²) >= 11 is 0. The van der Waals surface area contributed by atoms with Crippen LogP contribution in [0.5, 0.6) is 5.75 Å². The highest BCUT2D eigenvalue weighted by molar-refractivity contribution is 6.62. The molecule has 110 valence electrons. The highest BCUT2D eigenvalue weighted by Crippen LogP contribution is 2.37. The van der Waals surface area contributed by atoms with Crippen LogP contribution in [-0.4, -0.2) is 30.4 Å². The Hall–Kier alpha value is -1.59. The second kappa shape index (κ2) is 4.72. The van der Waals surface area contributed by atoms with Gasteiger partial charge in [-0.2, -0.15) is 0 Å². The maximum Gasteiger partial charge on any atom is 0.495 e. The van der Waals surface area contributed by atoms with Gasteiger partial charge in [0, 0.05) is 11.6 Å². The van der Waals surface area contributed by atoms with E-state index in [2.05, 4.69) is 4.98 Å². The van der Waals surface area contributed by atoms with E-state index in [1.54, 1.807) is 13.3 Å². The summed E-state index contributed by atoms with van der Waals surface area (Å²) in [6.07, 6.45) is 1.77. The minimum Gasteiger partial charge on any atom is -0.496 e. The lowest BCUT2D eigenvalue weighted by atomic mass is 9.78. The fourth-order valence-electron chi connectivity index (χ4n) is 2.45. The lowest BCUT2D eigenvalue weighted by Crippen LogP contribution is -2.41. The van der Waals surface area contributed by atoms with Crippen molar-refractivity contribution >= 4 is 23.5 Å². The number of hydrogen-bond donors (Lipinski definition) is 0. The first-order chi connectivity index (χ1) is 9.84. The third kappa shape index (κ3) is 2.30. The lowest BCUT2D eigenvalue weighted by Gasteiger charge is -2.32. The van der Waals surface area contributed by atoms with Crippen LogP contribution in [0, 0.1) is 0 Å². The molecule has 1 saturated heterocycles. The van der Waals surface area contributed by atoms with Crippen molar-refractivity contribution in [2.24, 2.45) is 0 Å². The van der Waals surface area contributed by atoms with Crippen LogP contribution < -0.4 is 10.2 Å². The SMILES string of the molecule is COc1cc(B2OC(C)(C)C(C)(C)O2)cc2ncccc12. The molecule has 21 heavy (non-hydrogen) atoms. The van der Waals surface area contributed by atoms with Crippen molar-refractivity contribution in [3.05, 3.63) is 30.5 Å². The van der Waals surface area contributed by atoms with Crippen molar-refractivity contribution in [1.82, 2.24) is 4.98 Å². The molecule has 1 aromatic heterocycles. The van der Waals surface area contributed by atoms with Crippen molar-refractivity contribution in [3.63, 3.8) is 0 Å². The van der Waals surface area contributed by atoms with Crippen LogP contribution in [0.3, 0.4) is 0 Å². The molecule has 4 nitrogen and oxygen atoms in total. The first-order valence-corrected chi connectivity index (χ1v) is 7.12. The van der Waals surface area contributed by atoms with Crippen molar-refractivity contribution in [3.8, 4) is 5.75 Å². The van der Waals surface area contributed by atoms with Gasteiger partial charge in [-0.3, -0.25) is 4.98 Å². The third-order valence-electron chi connectivity index (χ3n) is 4.45. The van der Waals surface area contributed by atoms with Crippen LogP contribution in [-0.2, 0) is 9.31 Å². The first-order valence-electron chi connectivity index (χ1n) is 7.12. The smallest absolute Gasteiger partial charge is 0.495 e. The number of aromatic nitrogens is 1. The number of methoxy groups -OCH3 is 1. The first kappa shape index (κ1) is 14.4. The molecule has 0 bridgehead atoms. The average Bonchev–Trinajstić information content (AvgIpc) is 2.66. The van der Waals surface area contributed by atoms with E-state index in [0.717, 1.165) is 22.1 Å². The van der Waals surface area contributed by atoms with Gasteiger partial charge in [-0.25, -0.2) is 0 Å². The van der Waals surface area contributed by atoms with Crippen molar-refractivity contribution in [1.29, 1.82) is 0 Å². The molecule has 0 amide bonds. The summed E-state index contributed by atoms with van der Waals surface area (Å²) < 4.78 is 17.7. The summed E-state index contributed by atoms with van der Waals surface area (Å²) in [7, 11) is 1.26. The minimum absolute atomic E-state index is 0.357. The van der Waals surface area contributed by atoms with Crippen LogP contribution in [0.1, 0.15) is 27.7 Å². The summed E-state index contributed by atoms with van der Waals surface area (Å²) in [5, 5.41) is 0.986. The number of benzene rings is 1. The van der Waals surface area contributed by atoms with E-state index in [1.165, 1.54) is 0 Å². The molecule has 1 aliphatic heterocycles. The van der Waals surface area contributed by atoms with Gasteiger partial charge < -0.3 is 14.0 Å². The van der Waals surface area contributed by atoms with Gasteiger partial charge in [0.1, 0.15) is 5.75 Å². The number of fused-ring (bicyclic) bond motifs is 1. The summed E-state index contributed by atoms with van der Waals surface area (Å²) in [6.45, 7) is 8.18. The predicted molar refractivity (Wildman–Crippen MR) is 84.0 cm³/mol. The van der Waals surface area contributed by atoms with Crippen LogP contribution >= 0.6 is 0 Å².